The van der Waals surface area contributed by atoms with Gasteiger partial charge in [-0.25, -0.2) is 0 Å². The number of nitrogens with one attached hydrogen (secondary N) is 3. The fourth-order valence-corrected chi connectivity index (χ4v) is 11.7. The van der Waals surface area contributed by atoms with Gasteiger partial charge in [-0.2, -0.15) is 47.0 Å². The Labute approximate surface area is 263 Å². The number of nitrogens with two attached hydrogens (primary N) is 4. The lowest BCUT2D eigenvalue weighted by atomic mass is 9.96. The summed E-state index contributed by atoms with van der Waals surface area (Å²) in [5.41, 5.74) is 24.4. The number of hydrogen-bond acceptors (Lipinski definition) is 12. The van der Waals surface area contributed by atoms with E-state index in [4.69, 9.17) is 39.2 Å². The monoisotopic (exact) mass is 673 g/mol. The summed E-state index contributed by atoms with van der Waals surface area (Å²) in [4.78, 5) is 0. The standard InChI is InChI=1S/C23H43N7S8/c24-19(5-4-18-2-1-3-18)35-10-6-31-14-23(15-32-7-11-36-20(25)26,16-33-8-12-37-21(27)28)17-34-9-13-38-22(29)30/h2,5H,1,3-4,6-17,24H2,(H3,25,26)(H3,27,28)(H3,29,30)/b19-5-. The molecule has 0 bridgehead atoms. The highest BCUT2D eigenvalue weighted by Gasteiger charge is 2.30. The summed E-state index contributed by atoms with van der Waals surface area (Å²) in [5, 5.41) is 23.8. The third-order valence-electron chi connectivity index (χ3n) is 5.05. The molecule has 0 amide bonds. The predicted molar refractivity (Wildman–Crippen MR) is 192 cm³/mol. The summed E-state index contributed by atoms with van der Waals surface area (Å²) in [6.45, 7) is 0. The van der Waals surface area contributed by atoms with Gasteiger partial charge in [0.1, 0.15) is 0 Å². The van der Waals surface area contributed by atoms with Crippen LogP contribution in [-0.4, -0.2) is 84.5 Å². The van der Waals surface area contributed by atoms with Crippen LogP contribution in [0, 0.1) is 21.6 Å². The predicted octanol–water partition coefficient (Wildman–Crippen LogP) is 5.43. The SMILES string of the molecule is N=C(N)SCCSCC(CSCCSC(=N)N)(CSCCSC(=N)N)CSCCS/C(N)=C\CC1=CCC1. The second-order valence-corrected chi connectivity index (χ2v) is 17.4. The molecule has 11 N–H and O–H groups in total. The van der Waals surface area contributed by atoms with Crippen molar-refractivity contribution in [2.75, 3.05) is 69.0 Å². The third kappa shape index (κ3) is 20.4. The van der Waals surface area contributed by atoms with Gasteiger partial charge in [-0.3, -0.25) is 16.2 Å². The lowest BCUT2D eigenvalue weighted by molar-refractivity contribution is 0.516. The Hall–Kier alpha value is 0.490. The molecule has 0 saturated carbocycles. The molecule has 38 heavy (non-hydrogen) atoms. The van der Waals surface area contributed by atoms with Crippen molar-refractivity contribution in [2.24, 2.45) is 28.3 Å². The molecule has 0 unspecified atom stereocenters. The first kappa shape index (κ1) is 36.5. The topological polar surface area (TPSA) is 176 Å². The van der Waals surface area contributed by atoms with Gasteiger partial charge in [0.15, 0.2) is 15.5 Å². The van der Waals surface area contributed by atoms with Crippen LogP contribution >= 0.6 is 94.1 Å². The minimum atomic E-state index is 0.163. The number of hydrogen-bond donors (Lipinski definition) is 7. The molecule has 0 aliphatic heterocycles. The second kappa shape index (κ2) is 23.1. The van der Waals surface area contributed by atoms with E-state index in [0.717, 1.165) is 80.5 Å². The molecule has 0 radical (unpaired) electrons. The summed E-state index contributed by atoms with van der Waals surface area (Å²) in [6, 6.07) is 0. The maximum atomic E-state index is 7.45. The maximum absolute atomic E-state index is 7.45. The minimum absolute atomic E-state index is 0.163. The van der Waals surface area contributed by atoms with E-state index in [1.165, 1.54) is 53.7 Å². The van der Waals surface area contributed by atoms with Crippen LogP contribution < -0.4 is 22.9 Å². The lowest BCUT2D eigenvalue weighted by Gasteiger charge is -2.33. The average molecular weight is 674 g/mol. The molecule has 0 spiro atoms. The highest BCUT2D eigenvalue weighted by molar-refractivity contribution is 8.15. The number of rotatable bonds is 23. The van der Waals surface area contributed by atoms with E-state index in [1.807, 2.05) is 47.0 Å². The van der Waals surface area contributed by atoms with E-state index >= 15 is 0 Å². The summed E-state index contributed by atoms with van der Waals surface area (Å²) in [6.07, 6.45) is 7.88. The van der Waals surface area contributed by atoms with Gasteiger partial charge in [0.2, 0.25) is 0 Å². The molecule has 1 aliphatic rings. The Morgan fingerprint density at radius 3 is 1.34 bits per heavy atom. The van der Waals surface area contributed by atoms with Crippen LogP contribution in [0.5, 0.6) is 0 Å². The van der Waals surface area contributed by atoms with Crippen LogP contribution in [0.4, 0.5) is 0 Å². The first-order valence-electron chi connectivity index (χ1n) is 12.2. The van der Waals surface area contributed by atoms with Crippen molar-refractivity contribution in [1.29, 1.82) is 16.2 Å². The molecule has 0 fully saturated rings. The number of amidine groups is 3. The van der Waals surface area contributed by atoms with Gasteiger partial charge in [0.25, 0.3) is 0 Å². The highest BCUT2D eigenvalue weighted by atomic mass is 32.2. The Bertz CT molecular complexity index is 719. The summed E-state index contributed by atoms with van der Waals surface area (Å²) >= 11 is 13.9. The number of thioether (sulfide) groups is 8. The lowest BCUT2D eigenvalue weighted by Crippen LogP contribution is -2.34. The van der Waals surface area contributed by atoms with Crippen LogP contribution in [0.15, 0.2) is 22.8 Å². The molecule has 0 atom stereocenters. The Kier molecular flexibility index (Phi) is 22.2. The van der Waals surface area contributed by atoms with E-state index in [1.54, 1.807) is 11.8 Å². The summed E-state index contributed by atoms with van der Waals surface area (Å²) in [5.74, 6) is 11.8. The molecule has 0 aromatic carbocycles. The fourth-order valence-electron chi connectivity index (χ4n) is 3.08. The van der Waals surface area contributed by atoms with Gasteiger partial charge >= 0.3 is 0 Å². The van der Waals surface area contributed by atoms with E-state index in [2.05, 4.69) is 12.2 Å². The van der Waals surface area contributed by atoms with E-state index in [9.17, 15) is 0 Å². The average Bonchev–Trinajstić information content (AvgIpc) is 2.81. The van der Waals surface area contributed by atoms with Crippen molar-refractivity contribution in [1.82, 2.24) is 0 Å². The van der Waals surface area contributed by atoms with Gasteiger partial charge < -0.3 is 22.9 Å². The van der Waals surface area contributed by atoms with Gasteiger partial charge in [0, 0.05) is 74.4 Å². The zero-order valence-electron chi connectivity index (χ0n) is 21.8. The molecular formula is C23H43N7S8. The van der Waals surface area contributed by atoms with Crippen LogP contribution in [0.1, 0.15) is 19.3 Å². The molecule has 0 heterocycles. The van der Waals surface area contributed by atoms with E-state index < -0.39 is 0 Å². The van der Waals surface area contributed by atoms with Crippen LogP contribution in [0.2, 0.25) is 0 Å². The smallest absolute Gasteiger partial charge is 0.151 e. The molecule has 0 saturated heterocycles. The Morgan fingerprint density at radius 1 is 0.658 bits per heavy atom. The van der Waals surface area contributed by atoms with Gasteiger partial charge in [-0.05, 0) is 19.3 Å². The molecule has 0 aromatic rings. The van der Waals surface area contributed by atoms with E-state index in [-0.39, 0.29) is 20.9 Å². The molecule has 1 aliphatic carbocycles. The van der Waals surface area contributed by atoms with E-state index in [0.29, 0.717) is 0 Å². The van der Waals surface area contributed by atoms with Crippen molar-refractivity contribution >= 4 is 110 Å². The van der Waals surface area contributed by atoms with Crippen molar-refractivity contribution in [3.63, 3.8) is 0 Å². The van der Waals surface area contributed by atoms with Crippen molar-refractivity contribution in [3.05, 3.63) is 22.8 Å². The quantitative estimate of drug-likeness (QED) is 0.0317. The minimum Gasteiger partial charge on any atom is -0.394 e. The normalized spacial score (nSPS) is 14.9. The number of allylic oxidation sites excluding steroid dienone is 3. The largest absolute Gasteiger partial charge is 0.394 e. The maximum Gasteiger partial charge on any atom is 0.151 e. The molecule has 218 valence electrons. The fraction of sp³-hybridized carbons (Fsp3) is 0.696. The Morgan fingerprint density at radius 2 is 1.03 bits per heavy atom. The van der Waals surface area contributed by atoms with Crippen LogP contribution in [0.3, 0.4) is 0 Å². The molecular weight excluding hydrogens is 631 g/mol. The third-order valence-corrected chi connectivity index (χ3v) is 14.4. The second-order valence-electron chi connectivity index (χ2n) is 8.41. The summed E-state index contributed by atoms with van der Waals surface area (Å²) < 4.78 is 0. The van der Waals surface area contributed by atoms with Crippen molar-refractivity contribution in [3.8, 4) is 0 Å². The first-order valence-corrected chi connectivity index (χ1v) is 20.8. The van der Waals surface area contributed by atoms with Crippen LogP contribution in [-0.2, 0) is 0 Å². The highest BCUT2D eigenvalue weighted by Crippen LogP contribution is 2.36. The zero-order valence-corrected chi connectivity index (χ0v) is 28.4. The molecule has 0 aromatic heterocycles. The van der Waals surface area contributed by atoms with Crippen molar-refractivity contribution in [2.45, 2.75) is 19.3 Å². The van der Waals surface area contributed by atoms with Gasteiger partial charge in [-0.15, -0.1) is 11.8 Å². The summed E-state index contributed by atoms with van der Waals surface area (Å²) in [7, 11) is 0. The first-order chi connectivity index (χ1) is 18.2. The molecule has 7 nitrogen and oxygen atoms in total. The van der Waals surface area contributed by atoms with Crippen molar-refractivity contribution < 1.29 is 0 Å². The van der Waals surface area contributed by atoms with Crippen LogP contribution in [0.25, 0.3) is 0 Å². The Balaban J connectivity index is 2.65. The molecule has 1 rings (SSSR count). The van der Waals surface area contributed by atoms with Gasteiger partial charge in [-0.1, -0.05) is 53.0 Å². The van der Waals surface area contributed by atoms with Gasteiger partial charge in [0.05, 0.1) is 5.03 Å². The molecule has 15 heteroatoms. The zero-order chi connectivity index (χ0) is 28.1.